The molecule has 0 saturated carbocycles. The van der Waals surface area contributed by atoms with E-state index in [0.717, 1.165) is 15.1 Å². The summed E-state index contributed by atoms with van der Waals surface area (Å²) in [6, 6.07) is 17.9. The third-order valence-electron chi connectivity index (χ3n) is 3.92. The topological polar surface area (TPSA) is 73.2 Å². The lowest BCUT2D eigenvalue weighted by Crippen LogP contribution is -2.29. The summed E-state index contributed by atoms with van der Waals surface area (Å²) >= 11 is 1.65. The Bertz CT molecular complexity index is 983. The van der Waals surface area contributed by atoms with Gasteiger partial charge in [0.1, 0.15) is 12.3 Å². The van der Waals surface area contributed by atoms with Crippen LogP contribution < -0.4 is 15.6 Å². The second-order valence-corrected chi connectivity index (χ2v) is 6.60. The Morgan fingerprint density at radius 2 is 1.78 bits per heavy atom. The van der Waals surface area contributed by atoms with Crippen LogP contribution in [0.1, 0.15) is 0 Å². The molecule has 6 nitrogen and oxygen atoms in total. The maximum absolute atomic E-state index is 12.3. The van der Waals surface area contributed by atoms with Gasteiger partial charge in [-0.25, -0.2) is 4.68 Å². The zero-order chi connectivity index (χ0) is 19.2. The van der Waals surface area contributed by atoms with Gasteiger partial charge in [0.2, 0.25) is 5.91 Å². The molecule has 0 bridgehead atoms. The van der Waals surface area contributed by atoms with Crippen molar-refractivity contribution < 1.29 is 9.53 Å². The molecule has 1 amide bonds. The zero-order valence-corrected chi connectivity index (χ0v) is 15.8. The number of aromatic nitrogens is 2. The summed E-state index contributed by atoms with van der Waals surface area (Å²) in [6.07, 6.45) is 2.01. The summed E-state index contributed by atoms with van der Waals surface area (Å²) in [7, 11) is 1.58. The molecule has 3 rings (SSSR count). The zero-order valence-electron chi connectivity index (χ0n) is 15.0. The molecule has 7 heteroatoms. The molecular formula is C20H19N3O3S. The number of anilines is 1. The van der Waals surface area contributed by atoms with E-state index in [9.17, 15) is 9.59 Å². The molecule has 0 aliphatic heterocycles. The first-order chi connectivity index (χ1) is 13.1. The van der Waals surface area contributed by atoms with Crippen LogP contribution in [0.4, 0.5) is 5.69 Å². The van der Waals surface area contributed by atoms with Gasteiger partial charge in [0.15, 0.2) is 0 Å². The molecule has 0 unspecified atom stereocenters. The summed E-state index contributed by atoms with van der Waals surface area (Å²) < 4.78 is 6.25. The predicted molar refractivity (Wildman–Crippen MR) is 107 cm³/mol. The number of nitrogens with zero attached hydrogens (tertiary/aromatic N) is 2. The first-order valence-corrected chi connectivity index (χ1v) is 9.48. The van der Waals surface area contributed by atoms with Gasteiger partial charge in [-0.1, -0.05) is 12.1 Å². The van der Waals surface area contributed by atoms with Crippen molar-refractivity contribution in [2.24, 2.45) is 0 Å². The highest BCUT2D eigenvalue weighted by atomic mass is 32.2. The summed E-state index contributed by atoms with van der Waals surface area (Å²) in [6.45, 7) is -0.165. The van der Waals surface area contributed by atoms with Crippen LogP contribution in [0.3, 0.4) is 0 Å². The van der Waals surface area contributed by atoms with Gasteiger partial charge in [-0.2, -0.15) is 5.10 Å². The van der Waals surface area contributed by atoms with Crippen molar-refractivity contribution in [2.45, 2.75) is 11.4 Å². The fourth-order valence-corrected chi connectivity index (χ4v) is 2.90. The maximum Gasteiger partial charge on any atom is 0.267 e. The highest BCUT2D eigenvalue weighted by Crippen LogP contribution is 2.20. The molecule has 0 atom stereocenters. The lowest BCUT2D eigenvalue weighted by atomic mass is 10.1. The van der Waals surface area contributed by atoms with Crippen molar-refractivity contribution >= 4 is 23.4 Å². The van der Waals surface area contributed by atoms with Gasteiger partial charge in [0.05, 0.1) is 12.8 Å². The van der Waals surface area contributed by atoms with Crippen molar-refractivity contribution in [3.63, 3.8) is 0 Å². The van der Waals surface area contributed by atoms with Crippen LogP contribution in [0.2, 0.25) is 0 Å². The van der Waals surface area contributed by atoms with E-state index in [1.807, 2.05) is 30.5 Å². The normalized spacial score (nSPS) is 10.4. The van der Waals surface area contributed by atoms with Crippen LogP contribution in [0.5, 0.6) is 5.75 Å². The second kappa shape index (κ2) is 8.55. The molecule has 1 aromatic heterocycles. The van der Waals surface area contributed by atoms with Crippen molar-refractivity contribution in [3.8, 4) is 17.0 Å². The van der Waals surface area contributed by atoms with Gasteiger partial charge in [-0.05, 0) is 48.7 Å². The summed E-state index contributed by atoms with van der Waals surface area (Å²) in [5, 5.41) is 7.07. The summed E-state index contributed by atoms with van der Waals surface area (Å²) in [4.78, 5) is 25.5. The Morgan fingerprint density at radius 3 is 2.41 bits per heavy atom. The van der Waals surface area contributed by atoms with Crippen LogP contribution in [0, 0.1) is 0 Å². The number of carbonyl (C=O) groups excluding carboxylic acids is 1. The molecule has 0 saturated heterocycles. The van der Waals surface area contributed by atoms with Gasteiger partial charge >= 0.3 is 0 Å². The molecule has 3 aromatic rings. The fraction of sp³-hybridized carbons (Fsp3) is 0.150. The van der Waals surface area contributed by atoms with E-state index in [1.54, 1.807) is 49.2 Å². The van der Waals surface area contributed by atoms with Crippen LogP contribution in [0.25, 0.3) is 11.3 Å². The Kier molecular flexibility index (Phi) is 5.93. The van der Waals surface area contributed by atoms with Gasteiger partial charge in [0, 0.05) is 22.2 Å². The van der Waals surface area contributed by atoms with Crippen LogP contribution in [0.15, 0.2) is 70.4 Å². The van der Waals surface area contributed by atoms with Crippen molar-refractivity contribution in [2.75, 3.05) is 18.7 Å². The highest BCUT2D eigenvalue weighted by Gasteiger charge is 2.09. The minimum absolute atomic E-state index is 0.165. The van der Waals surface area contributed by atoms with E-state index >= 15 is 0 Å². The minimum atomic E-state index is -0.329. The van der Waals surface area contributed by atoms with Gasteiger partial charge in [-0.3, -0.25) is 9.59 Å². The Balaban J connectivity index is 1.75. The number of hydrogen-bond donors (Lipinski definition) is 1. The quantitative estimate of drug-likeness (QED) is 0.664. The summed E-state index contributed by atoms with van der Waals surface area (Å²) in [5.41, 5.74) is 1.82. The van der Waals surface area contributed by atoms with E-state index in [2.05, 4.69) is 10.4 Å². The van der Waals surface area contributed by atoms with Crippen LogP contribution >= 0.6 is 11.8 Å². The maximum atomic E-state index is 12.3. The molecule has 0 fully saturated rings. The van der Waals surface area contributed by atoms with Crippen molar-refractivity contribution in [1.82, 2.24) is 9.78 Å². The number of nitrogens with one attached hydrogen (secondary N) is 1. The number of amides is 1. The van der Waals surface area contributed by atoms with E-state index in [1.165, 1.54) is 6.07 Å². The third-order valence-corrected chi connectivity index (χ3v) is 4.66. The molecule has 1 N–H and O–H groups in total. The first kappa shape index (κ1) is 18.7. The van der Waals surface area contributed by atoms with Crippen LogP contribution in [-0.2, 0) is 11.3 Å². The average Bonchev–Trinajstić information content (AvgIpc) is 2.70. The standard InChI is InChI=1S/C20H19N3O3S/c1-26-16-7-5-15(6-8-16)21-19(24)13-23-20(25)12-11-18(22-23)14-3-9-17(27-2)10-4-14/h3-12H,13H2,1-2H3,(H,21,24). The average molecular weight is 381 g/mol. The summed E-state index contributed by atoms with van der Waals surface area (Å²) in [5.74, 6) is 0.371. The smallest absolute Gasteiger partial charge is 0.267 e. The number of hydrogen-bond acceptors (Lipinski definition) is 5. The highest BCUT2D eigenvalue weighted by molar-refractivity contribution is 7.98. The van der Waals surface area contributed by atoms with Gasteiger partial charge in [-0.15, -0.1) is 11.8 Å². The number of benzene rings is 2. The second-order valence-electron chi connectivity index (χ2n) is 5.72. The lowest BCUT2D eigenvalue weighted by Gasteiger charge is -2.09. The van der Waals surface area contributed by atoms with Crippen molar-refractivity contribution in [3.05, 3.63) is 71.0 Å². The monoisotopic (exact) mass is 381 g/mol. The SMILES string of the molecule is COc1ccc(NC(=O)Cn2nc(-c3ccc(SC)cc3)ccc2=O)cc1. The number of carbonyl (C=O) groups is 1. The lowest BCUT2D eigenvalue weighted by molar-refractivity contribution is -0.117. The Labute approximate surface area is 161 Å². The first-order valence-electron chi connectivity index (χ1n) is 8.25. The molecular weight excluding hydrogens is 362 g/mol. The number of thioether (sulfide) groups is 1. The molecule has 2 aromatic carbocycles. The molecule has 27 heavy (non-hydrogen) atoms. The van der Waals surface area contributed by atoms with E-state index in [-0.39, 0.29) is 18.0 Å². The molecule has 0 aliphatic rings. The van der Waals surface area contributed by atoms with E-state index < -0.39 is 0 Å². The fourth-order valence-electron chi connectivity index (χ4n) is 2.49. The van der Waals surface area contributed by atoms with Gasteiger partial charge in [0.25, 0.3) is 5.56 Å². The van der Waals surface area contributed by atoms with E-state index in [0.29, 0.717) is 17.1 Å². The van der Waals surface area contributed by atoms with Crippen LogP contribution in [-0.4, -0.2) is 29.1 Å². The van der Waals surface area contributed by atoms with Gasteiger partial charge < -0.3 is 10.1 Å². The third kappa shape index (κ3) is 4.77. The largest absolute Gasteiger partial charge is 0.497 e. The van der Waals surface area contributed by atoms with E-state index in [4.69, 9.17) is 4.74 Å². The minimum Gasteiger partial charge on any atom is -0.497 e. The molecule has 0 aliphatic carbocycles. The van der Waals surface area contributed by atoms with Crippen molar-refractivity contribution in [1.29, 1.82) is 0 Å². The predicted octanol–water partition coefficient (Wildman–Crippen LogP) is 3.28. The Morgan fingerprint density at radius 1 is 1.07 bits per heavy atom. The number of methoxy groups -OCH3 is 1. The molecule has 0 radical (unpaired) electrons. The molecule has 1 heterocycles. The Hall–Kier alpha value is -3.06. The number of rotatable bonds is 6. The number of ether oxygens (including phenoxy) is 1. The molecule has 0 spiro atoms. The molecule has 138 valence electrons.